The van der Waals surface area contributed by atoms with Crippen molar-refractivity contribution in [3.63, 3.8) is 0 Å². The van der Waals surface area contributed by atoms with Crippen molar-refractivity contribution in [2.24, 2.45) is 11.8 Å². The van der Waals surface area contributed by atoms with Gasteiger partial charge in [-0.25, -0.2) is 4.39 Å². The lowest BCUT2D eigenvalue weighted by Crippen LogP contribution is -2.30. The molecule has 2 aliphatic rings. The number of anilines is 1. The molecule has 1 saturated heterocycles. The second-order valence-electron chi connectivity index (χ2n) is 5.19. The zero-order valence-corrected chi connectivity index (χ0v) is 10.6. The minimum atomic E-state index is -0.377. The number of hydrogen-bond acceptors (Lipinski definition) is 2. The van der Waals surface area contributed by atoms with Crippen LogP contribution in [0.5, 0.6) is 0 Å². The van der Waals surface area contributed by atoms with E-state index in [1.54, 1.807) is 0 Å². The van der Waals surface area contributed by atoms with E-state index in [2.05, 4.69) is 0 Å². The number of carbonyl (C=O) groups is 2. The molecule has 0 radical (unpaired) electrons. The maximum absolute atomic E-state index is 12.9. The number of halogens is 1. The number of allylic oxidation sites excluding steroid dienone is 2. The molecule has 3 rings (SSSR count). The van der Waals surface area contributed by atoms with Crippen LogP contribution in [0.4, 0.5) is 10.1 Å². The average molecular weight is 259 g/mol. The van der Waals surface area contributed by atoms with Crippen LogP contribution in [0.2, 0.25) is 0 Å². The minimum Gasteiger partial charge on any atom is -0.274 e. The summed E-state index contributed by atoms with van der Waals surface area (Å²) >= 11 is 0. The van der Waals surface area contributed by atoms with Crippen LogP contribution < -0.4 is 4.90 Å². The van der Waals surface area contributed by atoms with Gasteiger partial charge in [0.15, 0.2) is 0 Å². The van der Waals surface area contributed by atoms with Crippen LogP contribution in [0.1, 0.15) is 19.8 Å². The van der Waals surface area contributed by atoms with Crippen molar-refractivity contribution in [1.82, 2.24) is 0 Å². The molecule has 2 unspecified atom stereocenters. The van der Waals surface area contributed by atoms with Gasteiger partial charge in [0, 0.05) is 0 Å². The minimum absolute atomic E-state index is 0.158. The molecule has 0 spiro atoms. The molecule has 0 bridgehead atoms. The fourth-order valence-electron chi connectivity index (χ4n) is 2.88. The molecular formula is C15H14FNO2. The largest absolute Gasteiger partial charge is 0.274 e. The second-order valence-corrected chi connectivity index (χ2v) is 5.19. The monoisotopic (exact) mass is 259 g/mol. The Morgan fingerprint density at radius 2 is 1.74 bits per heavy atom. The summed E-state index contributed by atoms with van der Waals surface area (Å²) in [4.78, 5) is 25.9. The summed E-state index contributed by atoms with van der Waals surface area (Å²) in [5.41, 5.74) is 1.62. The standard InChI is InChI=1S/C15H14FNO2/c1-9-2-7-12-13(8-9)15(19)17(14(12)18)11-5-3-10(16)4-6-11/h2-6,12-13H,7-8H2,1H3. The van der Waals surface area contributed by atoms with E-state index in [4.69, 9.17) is 0 Å². The fraction of sp³-hybridized carbons (Fsp3) is 0.333. The Bertz CT molecular complexity index is 576. The van der Waals surface area contributed by atoms with Gasteiger partial charge in [0.05, 0.1) is 17.5 Å². The number of fused-ring (bicyclic) bond motifs is 1. The van der Waals surface area contributed by atoms with Crippen molar-refractivity contribution in [3.8, 4) is 0 Å². The van der Waals surface area contributed by atoms with Crippen LogP contribution in [-0.2, 0) is 9.59 Å². The molecule has 1 fully saturated rings. The van der Waals surface area contributed by atoms with E-state index in [9.17, 15) is 14.0 Å². The lowest BCUT2D eigenvalue weighted by molar-refractivity contribution is -0.122. The van der Waals surface area contributed by atoms with E-state index in [1.807, 2.05) is 13.0 Å². The third-order valence-electron chi connectivity index (χ3n) is 3.91. The Labute approximate surface area is 110 Å². The molecule has 1 aromatic rings. The number of carbonyl (C=O) groups excluding carboxylic acids is 2. The number of rotatable bonds is 1. The summed E-state index contributed by atoms with van der Waals surface area (Å²) in [6, 6.07) is 5.48. The Balaban J connectivity index is 1.95. The van der Waals surface area contributed by atoms with E-state index in [-0.39, 0.29) is 29.5 Å². The SMILES string of the molecule is CC1=CCC2C(=O)N(c3ccc(F)cc3)C(=O)C2C1. The van der Waals surface area contributed by atoms with Crippen LogP contribution in [0.25, 0.3) is 0 Å². The van der Waals surface area contributed by atoms with E-state index in [0.717, 1.165) is 5.57 Å². The highest BCUT2D eigenvalue weighted by molar-refractivity contribution is 6.22. The summed E-state index contributed by atoms with van der Waals surface area (Å²) in [5, 5.41) is 0. The normalized spacial score (nSPS) is 26.4. The van der Waals surface area contributed by atoms with E-state index in [0.29, 0.717) is 18.5 Å². The third kappa shape index (κ3) is 1.87. The summed E-state index contributed by atoms with van der Waals surface area (Å²) < 4.78 is 12.9. The maximum Gasteiger partial charge on any atom is 0.238 e. The van der Waals surface area contributed by atoms with Crippen molar-refractivity contribution < 1.29 is 14.0 Å². The molecule has 98 valence electrons. The van der Waals surface area contributed by atoms with Gasteiger partial charge in [-0.2, -0.15) is 0 Å². The van der Waals surface area contributed by atoms with E-state index in [1.165, 1.54) is 29.2 Å². The van der Waals surface area contributed by atoms with Crippen molar-refractivity contribution in [3.05, 3.63) is 41.7 Å². The van der Waals surface area contributed by atoms with Gasteiger partial charge in [-0.05, 0) is 44.0 Å². The summed E-state index contributed by atoms with van der Waals surface area (Å²) in [5.74, 6) is -1.19. The van der Waals surface area contributed by atoms with Gasteiger partial charge in [-0.1, -0.05) is 11.6 Å². The second kappa shape index (κ2) is 4.30. The van der Waals surface area contributed by atoms with Crippen molar-refractivity contribution in [2.75, 3.05) is 4.90 Å². The van der Waals surface area contributed by atoms with Gasteiger partial charge in [0.25, 0.3) is 0 Å². The highest BCUT2D eigenvalue weighted by atomic mass is 19.1. The summed E-state index contributed by atoms with van der Waals surface area (Å²) in [7, 11) is 0. The van der Waals surface area contributed by atoms with Crippen LogP contribution in [0.3, 0.4) is 0 Å². The van der Waals surface area contributed by atoms with Crippen LogP contribution in [-0.4, -0.2) is 11.8 Å². The number of benzene rings is 1. The lowest BCUT2D eigenvalue weighted by atomic mass is 9.82. The number of imide groups is 1. The molecule has 0 saturated carbocycles. The van der Waals surface area contributed by atoms with Gasteiger partial charge < -0.3 is 0 Å². The lowest BCUT2D eigenvalue weighted by Gasteiger charge is -2.18. The molecular weight excluding hydrogens is 245 g/mol. The fourth-order valence-corrected chi connectivity index (χ4v) is 2.88. The molecule has 0 N–H and O–H groups in total. The first-order valence-corrected chi connectivity index (χ1v) is 6.37. The van der Waals surface area contributed by atoms with Crippen LogP contribution in [0.15, 0.2) is 35.9 Å². The zero-order valence-electron chi connectivity index (χ0n) is 10.6. The van der Waals surface area contributed by atoms with Crippen molar-refractivity contribution in [1.29, 1.82) is 0 Å². The van der Waals surface area contributed by atoms with E-state index < -0.39 is 0 Å². The van der Waals surface area contributed by atoms with Gasteiger partial charge in [0.2, 0.25) is 11.8 Å². The highest BCUT2D eigenvalue weighted by Crippen LogP contribution is 2.39. The highest BCUT2D eigenvalue weighted by Gasteiger charge is 2.48. The van der Waals surface area contributed by atoms with Gasteiger partial charge >= 0.3 is 0 Å². The molecule has 1 heterocycles. The maximum atomic E-state index is 12.9. The molecule has 1 aliphatic heterocycles. The zero-order chi connectivity index (χ0) is 13.6. The Morgan fingerprint density at radius 1 is 1.11 bits per heavy atom. The predicted molar refractivity (Wildman–Crippen MR) is 68.9 cm³/mol. The molecule has 2 amide bonds. The Morgan fingerprint density at radius 3 is 2.42 bits per heavy atom. The first kappa shape index (κ1) is 12.1. The number of nitrogens with zero attached hydrogens (tertiary/aromatic N) is 1. The van der Waals surface area contributed by atoms with E-state index >= 15 is 0 Å². The quantitative estimate of drug-likeness (QED) is 0.574. The molecule has 3 nitrogen and oxygen atoms in total. The molecule has 0 aromatic heterocycles. The van der Waals surface area contributed by atoms with Crippen LogP contribution in [0, 0.1) is 17.7 Å². The first-order valence-electron chi connectivity index (χ1n) is 6.37. The number of hydrogen-bond donors (Lipinski definition) is 0. The van der Waals surface area contributed by atoms with Crippen molar-refractivity contribution >= 4 is 17.5 Å². The van der Waals surface area contributed by atoms with Gasteiger partial charge in [0.1, 0.15) is 5.82 Å². The Hall–Kier alpha value is -1.97. The predicted octanol–water partition coefficient (Wildman–Crippen LogP) is 2.67. The van der Waals surface area contributed by atoms with Gasteiger partial charge in [-0.15, -0.1) is 0 Å². The topological polar surface area (TPSA) is 37.4 Å². The molecule has 19 heavy (non-hydrogen) atoms. The summed E-state index contributed by atoms with van der Waals surface area (Å²) in [6.07, 6.45) is 3.30. The molecule has 2 atom stereocenters. The third-order valence-corrected chi connectivity index (χ3v) is 3.91. The molecule has 4 heteroatoms. The smallest absolute Gasteiger partial charge is 0.238 e. The summed E-state index contributed by atoms with van der Waals surface area (Å²) in [6.45, 7) is 1.98. The molecule has 1 aromatic carbocycles. The van der Waals surface area contributed by atoms with Crippen molar-refractivity contribution in [2.45, 2.75) is 19.8 Å². The average Bonchev–Trinajstić information content (AvgIpc) is 2.63. The molecule has 1 aliphatic carbocycles. The van der Waals surface area contributed by atoms with Gasteiger partial charge in [-0.3, -0.25) is 14.5 Å². The van der Waals surface area contributed by atoms with Crippen LogP contribution >= 0.6 is 0 Å². The Kier molecular flexibility index (Phi) is 2.73. The number of amides is 2. The first-order chi connectivity index (χ1) is 9.08.